The van der Waals surface area contributed by atoms with Gasteiger partial charge in [-0.2, -0.15) is 0 Å². The van der Waals surface area contributed by atoms with E-state index in [0.29, 0.717) is 23.1 Å². The summed E-state index contributed by atoms with van der Waals surface area (Å²) in [7, 11) is 0. The van der Waals surface area contributed by atoms with Crippen LogP contribution in [0.3, 0.4) is 0 Å². The Morgan fingerprint density at radius 3 is 2.89 bits per heavy atom. The van der Waals surface area contributed by atoms with E-state index in [1.54, 1.807) is 4.90 Å². The quantitative estimate of drug-likeness (QED) is 0.567. The Kier molecular flexibility index (Phi) is 5.67. The molecule has 2 heterocycles. The number of anilines is 1. The second-order valence-electron chi connectivity index (χ2n) is 7.33. The molecule has 2 aromatic carbocycles. The number of halogens is 1. The first-order valence-electron chi connectivity index (χ1n) is 9.54. The number of para-hydroxylation sites is 1. The van der Waals surface area contributed by atoms with Crippen LogP contribution in [0, 0.1) is 13.8 Å². The first kappa shape index (κ1) is 19.4. The Labute approximate surface area is 174 Å². The van der Waals surface area contributed by atoms with E-state index in [4.69, 9.17) is 21.3 Å². The van der Waals surface area contributed by atoms with Gasteiger partial charge in [0.05, 0.1) is 28.8 Å². The third-order valence-corrected chi connectivity index (χ3v) is 6.49. The van der Waals surface area contributed by atoms with Crippen molar-refractivity contribution in [3.05, 3.63) is 58.1 Å². The summed E-state index contributed by atoms with van der Waals surface area (Å²) in [5.41, 5.74) is 4.14. The lowest BCUT2D eigenvalue weighted by Gasteiger charge is -2.23. The lowest BCUT2D eigenvalue weighted by molar-refractivity contribution is -0.118. The molecular formula is C22H23ClN2O2S. The van der Waals surface area contributed by atoms with Gasteiger partial charge >= 0.3 is 0 Å². The molecule has 1 unspecified atom stereocenters. The van der Waals surface area contributed by atoms with Crippen molar-refractivity contribution in [2.75, 3.05) is 18.1 Å². The Morgan fingerprint density at radius 1 is 1.32 bits per heavy atom. The van der Waals surface area contributed by atoms with Crippen molar-refractivity contribution in [3.8, 4) is 0 Å². The topological polar surface area (TPSA) is 42.4 Å². The van der Waals surface area contributed by atoms with Crippen molar-refractivity contribution in [3.63, 3.8) is 0 Å². The Morgan fingerprint density at radius 2 is 2.18 bits per heavy atom. The molecule has 1 amide bonds. The minimum absolute atomic E-state index is 0.0395. The van der Waals surface area contributed by atoms with Gasteiger partial charge in [-0.05, 0) is 49.9 Å². The number of carbonyl (C=O) groups excluding carboxylic acids is 1. The van der Waals surface area contributed by atoms with Gasteiger partial charge in [-0.3, -0.25) is 9.69 Å². The maximum Gasteiger partial charge on any atom is 0.233 e. The molecule has 1 aliphatic heterocycles. The second kappa shape index (κ2) is 8.19. The summed E-state index contributed by atoms with van der Waals surface area (Å²) < 4.78 is 6.78. The highest BCUT2D eigenvalue weighted by Gasteiger charge is 2.26. The summed E-state index contributed by atoms with van der Waals surface area (Å²) in [5.74, 6) is 0.0395. The zero-order valence-corrected chi connectivity index (χ0v) is 17.6. The van der Waals surface area contributed by atoms with Crippen LogP contribution < -0.4 is 4.90 Å². The van der Waals surface area contributed by atoms with Crippen LogP contribution >= 0.6 is 22.9 Å². The van der Waals surface area contributed by atoms with E-state index in [2.05, 4.69) is 26.0 Å². The Hall–Kier alpha value is -1.95. The lowest BCUT2D eigenvalue weighted by Crippen LogP contribution is -2.38. The fraction of sp³-hybridized carbons (Fsp3) is 0.364. The van der Waals surface area contributed by atoms with Crippen molar-refractivity contribution in [1.82, 2.24) is 4.98 Å². The van der Waals surface area contributed by atoms with E-state index in [0.717, 1.165) is 40.8 Å². The molecular weight excluding hydrogens is 392 g/mol. The minimum atomic E-state index is 0.0395. The average molecular weight is 415 g/mol. The number of fused-ring (bicyclic) bond motifs is 1. The zero-order valence-electron chi connectivity index (χ0n) is 16.1. The maximum atomic E-state index is 13.3. The molecule has 0 N–H and O–H groups in total. The molecule has 1 atom stereocenters. The predicted octanol–water partition coefficient (Wildman–Crippen LogP) is 5.32. The van der Waals surface area contributed by atoms with Gasteiger partial charge in [-0.1, -0.05) is 52.8 Å². The lowest BCUT2D eigenvalue weighted by atomic mass is 10.0. The van der Waals surface area contributed by atoms with Gasteiger partial charge in [0, 0.05) is 6.61 Å². The number of aryl methyl sites for hydroxylation is 2. The van der Waals surface area contributed by atoms with E-state index >= 15 is 0 Å². The summed E-state index contributed by atoms with van der Waals surface area (Å²) in [4.78, 5) is 19.8. The highest BCUT2D eigenvalue weighted by Crippen LogP contribution is 2.33. The maximum absolute atomic E-state index is 13.3. The monoisotopic (exact) mass is 414 g/mol. The number of ether oxygens (including phenoxy) is 1. The molecule has 0 radical (unpaired) electrons. The van der Waals surface area contributed by atoms with Crippen LogP contribution in [0.25, 0.3) is 10.2 Å². The minimum Gasteiger partial charge on any atom is -0.376 e. The zero-order chi connectivity index (χ0) is 19.7. The molecule has 1 saturated heterocycles. The number of carbonyl (C=O) groups is 1. The molecule has 28 heavy (non-hydrogen) atoms. The van der Waals surface area contributed by atoms with Gasteiger partial charge in [0.15, 0.2) is 5.13 Å². The van der Waals surface area contributed by atoms with Crippen molar-refractivity contribution in [2.24, 2.45) is 0 Å². The van der Waals surface area contributed by atoms with E-state index in [1.165, 1.54) is 16.9 Å². The van der Waals surface area contributed by atoms with Gasteiger partial charge in [0.1, 0.15) is 5.52 Å². The summed E-state index contributed by atoms with van der Waals surface area (Å²) in [6, 6.07) is 11.9. The molecule has 1 aromatic heterocycles. The standard InChI is InChI=1S/C22H23ClN2O2S/c1-14-8-9-16(15(2)11-14)12-20(26)25(13-17-5-4-10-27-17)22-24-21-18(23)6-3-7-19(21)28-22/h3,6-9,11,17H,4-5,10,12-13H2,1-2H3. The first-order chi connectivity index (χ1) is 13.5. The van der Waals surface area contributed by atoms with E-state index in [9.17, 15) is 4.79 Å². The Bertz CT molecular complexity index is 1010. The largest absolute Gasteiger partial charge is 0.376 e. The smallest absolute Gasteiger partial charge is 0.233 e. The molecule has 4 rings (SSSR count). The molecule has 4 nitrogen and oxygen atoms in total. The molecule has 6 heteroatoms. The highest BCUT2D eigenvalue weighted by molar-refractivity contribution is 7.22. The van der Waals surface area contributed by atoms with Gasteiger partial charge in [-0.25, -0.2) is 4.98 Å². The molecule has 3 aromatic rings. The van der Waals surface area contributed by atoms with Gasteiger partial charge in [0.2, 0.25) is 5.91 Å². The predicted molar refractivity (Wildman–Crippen MR) is 116 cm³/mol. The normalized spacial score (nSPS) is 16.6. The molecule has 1 aliphatic rings. The molecule has 146 valence electrons. The SMILES string of the molecule is Cc1ccc(CC(=O)N(CC2CCCO2)c2nc3c(Cl)cccc3s2)c(C)c1. The van der Waals surface area contributed by atoms with E-state index in [1.807, 2.05) is 24.3 Å². The number of amides is 1. The number of aromatic nitrogens is 1. The van der Waals surface area contributed by atoms with Crippen molar-refractivity contribution >= 4 is 44.2 Å². The molecule has 0 saturated carbocycles. The number of hydrogen-bond donors (Lipinski definition) is 0. The number of hydrogen-bond acceptors (Lipinski definition) is 4. The molecule has 0 aliphatic carbocycles. The molecule has 0 spiro atoms. The van der Waals surface area contributed by atoms with Gasteiger partial charge in [0.25, 0.3) is 0 Å². The van der Waals surface area contributed by atoms with Crippen LogP contribution in [0.1, 0.15) is 29.5 Å². The van der Waals surface area contributed by atoms with Crippen molar-refractivity contribution < 1.29 is 9.53 Å². The molecule has 1 fully saturated rings. The Balaban J connectivity index is 1.65. The summed E-state index contributed by atoms with van der Waals surface area (Å²) in [6.07, 6.45) is 2.42. The number of benzene rings is 2. The van der Waals surface area contributed by atoms with Crippen LogP contribution in [0.2, 0.25) is 5.02 Å². The first-order valence-corrected chi connectivity index (χ1v) is 10.7. The van der Waals surface area contributed by atoms with E-state index < -0.39 is 0 Å². The van der Waals surface area contributed by atoms with Crippen LogP contribution in [0.15, 0.2) is 36.4 Å². The third kappa shape index (κ3) is 4.07. The fourth-order valence-electron chi connectivity index (χ4n) is 3.60. The van der Waals surface area contributed by atoms with Crippen LogP contribution in [-0.4, -0.2) is 30.1 Å². The second-order valence-corrected chi connectivity index (χ2v) is 8.75. The van der Waals surface area contributed by atoms with Gasteiger partial charge < -0.3 is 4.74 Å². The summed E-state index contributed by atoms with van der Waals surface area (Å²) in [6.45, 7) is 5.40. The number of thiazole rings is 1. The van der Waals surface area contributed by atoms with Crippen molar-refractivity contribution in [1.29, 1.82) is 0 Å². The number of rotatable bonds is 5. The average Bonchev–Trinajstić information content (AvgIpc) is 3.32. The third-order valence-electron chi connectivity index (χ3n) is 5.14. The summed E-state index contributed by atoms with van der Waals surface area (Å²) in [5, 5.41) is 1.30. The van der Waals surface area contributed by atoms with Crippen molar-refractivity contribution in [2.45, 2.75) is 39.2 Å². The van der Waals surface area contributed by atoms with Crippen LogP contribution in [0.4, 0.5) is 5.13 Å². The molecule has 0 bridgehead atoms. The van der Waals surface area contributed by atoms with Crippen LogP contribution in [-0.2, 0) is 16.0 Å². The fourth-order valence-corrected chi connectivity index (χ4v) is 4.89. The van der Waals surface area contributed by atoms with Gasteiger partial charge in [-0.15, -0.1) is 0 Å². The summed E-state index contributed by atoms with van der Waals surface area (Å²) >= 11 is 7.81. The van der Waals surface area contributed by atoms with Crippen LogP contribution in [0.5, 0.6) is 0 Å². The highest BCUT2D eigenvalue weighted by atomic mass is 35.5. The number of nitrogens with zero attached hydrogens (tertiary/aromatic N) is 2. The van der Waals surface area contributed by atoms with E-state index in [-0.39, 0.29) is 12.0 Å².